The maximum absolute atomic E-state index is 13.2. The van der Waals surface area contributed by atoms with Gasteiger partial charge in [0.05, 0.1) is 6.61 Å². The van der Waals surface area contributed by atoms with Crippen LogP contribution >= 0.6 is 0 Å². The summed E-state index contributed by atoms with van der Waals surface area (Å²) in [5.74, 6) is -2.46. The zero-order valence-corrected chi connectivity index (χ0v) is 11.7. The van der Waals surface area contributed by atoms with Crippen LogP contribution in [0.3, 0.4) is 0 Å². The van der Waals surface area contributed by atoms with Crippen molar-refractivity contribution in [1.82, 2.24) is 0 Å². The first-order chi connectivity index (χ1) is 9.46. The third-order valence-electron chi connectivity index (χ3n) is 3.15. The lowest BCUT2D eigenvalue weighted by atomic mass is 9.78. The van der Waals surface area contributed by atoms with E-state index < -0.39 is 23.2 Å². The second kappa shape index (κ2) is 7.03. The number of halogens is 1. The molecular formula is C15H19FO4. The van der Waals surface area contributed by atoms with E-state index in [4.69, 9.17) is 4.74 Å². The molecule has 0 radical (unpaired) electrons. The highest BCUT2D eigenvalue weighted by Gasteiger charge is 2.46. The zero-order valence-electron chi connectivity index (χ0n) is 11.7. The lowest BCUT2D eigenvalue weighted by Gasteiger charge is -2.26. The van der Waals surface area contributed by atoms with Crippen molar-refractivity contribution in [3.63, 3.8) is 0 Å². The molecule has 1 aromatic rings. The highest BCUT2D eigenvalue weighted by molar-refractivity contribution is 5.99. The van der Waals surface area contributed by atoms with Gasteiger partial charge in [-0.2, -0.15) is 0 Å². The molecule has 5 heteroatoms. The fourth-order valence-electron chi connectivity index (χ4n) is 2.22. The second-order valence-electron chi connectivity index (χ2n) is 4.66. The predicted molar refractivity (Wildman–Crippen MR) is 71.7 cm³/mol. The quantitative estimate of drug-likeness (QED) is 0.617. The van der Waals surface area contributed by atoms with Gasteiger partial charge in [0, 0.05) is 0 Å². The minimum absolute atomic E-state index is 0.0766. The van der Waals surface area contributed by atoms with Crippen LogP contribution < -0.4 is 0 Å². The minimum Gasteiger partial charge on any atom is -0.480 e. The summed E-state index contributed by atoms with van der Waals surface area (Å²) in [5, 5.41) is 9.49. The normalized spacial score (nSPS) is 13.6. The van der Waals surface area contributed by atoms with Crippen LogP contribution in [0.1, 0.15) is 32.3 Å². The summed E-state index contributed by atoms with van der Waals surface area (Å²) >= 11 is 0. The Kier molecular flexibility index (Phi) is 5.67. The monoisotopic (exact) mass is 282 g/mol. The van der Waals surface area contributed by atoms with E-state index in [9.17, 15) is 19.1 Å². The van der Waals surface area contributed by atoms with E-state index in [2.05, 4.69) is 0 Å². The minimum atomic E-state index is -1.65. The number of esters is 1. The molecule has 0 amide bonds. The molecule has 1 atom stereocenters. The average Bonchev–Trinajstić information content (AvgIpc) is 2.38. The van der Waals surface area contributed by atoms with E-state index in [1.54, 1.807) is 19.9 Å². The fraction of sp³-hybridized carbons (Fsp3) is 0.467. The molecular weight excluding hydrogens is 263 g/mol. The molecule has 0 spiro atoms. The average molecular weight is 282 g/mol. The van der Waals surface area contributed by atoms with Crippen molar-refractivity contribution in [1.29, 1.82) is 0 Å². The molecule has 0 saturated heterocycles. The number of carboxylic acids is 1. The van der Waals surface area contributed by atoms with Gasteiger partial charge in [-0.3, -0.25) is 9.59 Å². The van der Waals surface area contributed by atoms with Crippen LogP contribution in [0, 0.1) is 11.2 Å². The van der Waals surface area contributed by atoms with Gasteiger partial charge >= 0.3 is 11.9 Å². The Bertz CT molecular complexity index is 487. The largest absolute Gasteiger partial charge is 0.480 e. The van der Waals surface area contributed by atoms with Gasteiger partial charge in [-0.15, -0.1) is 0 Å². The van der Waals surface area contributed by atoms with Crippen molar-refractivity contribution >= 4 is 11.9 Å². The van der Waals surface area contributed by atoms with Crippen LogP contribution in [0.5, 0.6) is 0 Å². The van der Waals surface area contributed by atoms with Gasteiger partial charge in [0.2, 0.25) is 0 Å². The van der Waals surface area contributed by atoms with Crippen molar-refractivity contribution in [2.75, 3.05) is 6.61 Å². The van der Waals surface area contributed by atoms with Gasteiger partial charge in [0.25, 0.3) is 0 Å². The number of carboxylic acid groups (broad SMARTS) is 1. The van der Waals surface area contributed by atoms with Gasteiger partial charge in [0.15, 0.2) is 5.41 Å². The highest BCUT2D eigenvalue weighted by Crippen LogP contribution is 2.31. The number of hydrogen-bond donors (Lipinski definition) is 1. The van der Waals surface area contributed by atoms with E-state index in [0.717, 1.165) is 0 Å². The van der Waals surface area contributed by atoms with Gasteiger partial charge in [0.1, 0.15) is 5.82 Å². The van der Waals surface area contributed by atoms with Crippen LogP contribution in [-0.4, -0.2) is 23.7 Å². The molecule has 0 saturated carbocycles. The molecule has 20 heavy (non-hydrogen) atoms. The Hall–Kier alpha value is -1.91. The summed E-state index contributed by atoms with van der Waals surface area (Å²) in [7, 11) is 0. The molecule has 1 aromatic carbocycles. The number of ether oxygens (including phenoxy) is 1. The van der Waals surface area contributed by atoms with Crippen molar-refractivity contribution < 1.29 is 23.8 Å². The molecule has 0 aliphatic carbocycles. The first-order valence-electron chi connectivity index (χ1n) is 6.61. The Morgan fingerprint density at radius 2 is 2.05 bits per heavy atom. The number of carbonyl (C=O) groups is 2. The summed E-state index contributed by atoms with van der Waals surface area (Å²) < 4.78 is 18.1. The molecule has 110 valence electrons. The highest BCUT2D eigenvalue weighted by atomic mass is 19.1. The van der Waals surface area contributed by atoms with Gasteiger partial charge in [-0.25, -0.2) is 4.39 Å². The van der Waals surface area contributed by atoms with Crippen LogP contribution in [0.2, 0.25) is 0 Å². The lowest BCUT2D eigenvalue weighted by Crippen LogP contribution is -2.42. The van der Waals surface area contributed by atoms with Crippen LogP contribution in [-0.2, 0) is 20.7 Å². The van der Waals surface area contributed by atoms with Crippen LogP contribution in [0.4, 0.5) is 4.39 Å². The first kappa shape index (κ1) is 16.1. The number of rotatable bonds is 7. The third-order valence-corrected chi connectivity index (χ3v) is 3.15. The molecule has 4 nitrogen and oxygen atoms in total. The number of aliphatic carboxylic acids is 1. The van der Waals surface area contributed by atoms with Crippen LogP contribution in [0.25, 0.3) is 0 Å². The Morgan fingerprint density at radius 1 is 1.35 bits per heavy atom. The van der Waals surface area contributed by atoms with E-state index >= 15 is 0 Å². The third kappa shape index (κ3) is 3.56. The van der Waals surface area contributed by atoms with Gasteiger partial charge in [-0.05, 0) is 37.5 Å². The van der Waals surface area contributed by atoms with E-state index in [1.165, 1.54) is 18.2 Å². The van der Waals surface area contributed by atoms with E-state index in [1.807, 2.05) is 0 Å². The molecule has 1 unspecified atom stereocenters. The van der Waals surface area contributed by atoms with E-state index in [-0.39, 0.29) is 19.4 Å². The predicted octanol–water partition coefficient (Wildman–Crippen LogP) is 2.80. The molecule has 0 heterocycles. The Balaban J connectivity index is 3.15. The number of carbonyl (C=O) groups excluding carboxylic acids is 1. The summed E-state index contributed by atoms with van der Waals surface area (Å²) in [6.07, 6.45) is 0.588. The number of benzene rings is 1. The van der Waals surface area contributed by atoms with Crippen molar-refractivity contribution in [3.8, 4) is 0 Å². The summed E-state index contributed by atoms with van der Waals surface area (Å²) in [6.45, 7) is 3.53. The molecule has 0 aliphatic rings. The fourth-order valence-corrected chi connectivity index (χ4v) is 2.22. The summed E-state index contributed by atoms with van der Waals surface area (Å²) in [4.78, 5) is 23.7. The lowest BCUT2D eigenvalue weighted by molar-refractivity contribution is -0.169. The van der Waals surface area contributed by atoms with Gasteiger partial charge in [-0.1, -0.05) is 25.5 Å². The molecule has 0 fully saturated rings. The SMILES string of the molecule is CCCC(Cc1cccc(F)c1)(C(=O)O)C(=O)OCC. The summed E-state index contributed by atoms with van der Waals surface area (Å²) in [5.41, 5.74) is -1.19. The molecule has 0 aliphatic heterocycles. The molecule has 0 bridgehead atoms. The Morgan fingerprint density at radius 3 is 2.55 bits per heavy atom. The smallest absolute Gasteiger partial charge is 0.323 e. The maximum atomic E-state index is 13.2. The van der Waals surface area contributed by atoms with Gasteiger partial charge < -0.3 is 9.84 Å². The van der Waals surface area contributed by atoms with Crippen LogP contribution in [0.15, 0.2) is 24.3 Å². The first-order valence-corrected chi connectivity index (χ1v) is 6.61. The topological polar surface area (TPSA) is 63.6 Å². The van der Waals surface area contributed by atoms with Crippen molar-refractivity contribution in [3.05, 3.63) is 35.6 Å². The van der Waals surface area contributed by atoms with Crippen molar-refractivity contribution in [2.24, 2.45) is 5.41 Å². The summed E-state index contributed by atoms with van der Waals surface area (Å²) in [6, 6.07) is 5.62. The Labute approximate surface area is 117 Å². The standard InChI is InChI=1S/C15H19FO4/c1-3-8-15(13(17)18,14(19)20-4-2)10-11-6-5-7-12(16)9-11/h5-7,9H,3-4,8,10H2,1-2H3,(H,17,18). The molecule has 0 aromatic heterocycles. The number of hydrogen-bond acceptors (Lipinski definition) is 3. The van der Waals surface area contributed by atoms with Crippen molar-refractivity contribution in [2.45, 2.75) is 33.1 Å². The van der Waals surface area contributed by atoms with E-state index in [0.29, 0.717) is 12.0 Å². The molecule has 1 N–H and O–H groups in total. The zero-order chi connectivity index (χ0) is 15.2. The maximum Gasteiger partial charge on any atom is 0.323 e. The second-order valence-corrected chi connectivity index (χ2v) is 4.66. The molecule has 1 rings (SSSR count).